The maximum Gasteiger partial charge on any atom is 0.342 e. The molecule has 19 heavy (non-hydrogen) atoms. The minimum absolute atomic E-state index is 0. The summed E-state index contributed by atoms with van der Waals surface area (Å²) in [5.41, 5.74) is 4.65. The Kier molecular flexibility index (Phi) is 6.78. The van der Waals surface area contributed by atoms with E-state index < -0.39 is 41.2 Å². The Morgan fingerprint density at radius 3 is 2.32 bits per heavy atom. The van der Waals surface area contributed by atoms with Gasteiger partial charge in [0.25, 0.3) is 0 Å². The average Bonchev–Trinajstić information content (AvgIpc) is 2.32. The van der Waals surface area contributed by atoms with E-state index in [0.29, 0.717) is 6.07 Å². The SMILES string of the molecule is CCOC(=O)C(F)[C@H](N)c1cc(F)c(F)cc1F.Cl. The van der Waals surface area contributed by atoms with Crippen LogP contribution in [0.4, 0.5) is 17.6 Å². The normalized spacial score (nSPS) is 13.4. The summed E-state index contributed by atoms with van der Waals surface area (Å²) < 4.78 is 56.7. The van der Waals surface area contributed by atoms with Crippen LogP contribution >= 0.6 is 12.4 Å². The van der Waals surface area contributed by atoms with Gasteiger partial charge in [-0.3, -0.25) is 0 Å². The second-order valence-electron chi connectivity index (χ2n) is 3.47. The Labute approximate surface area is 113 Å². The minimum Gasteiger partial charge on any atom is -0.464 e. The zero-order chi connectivity index (χ0) is 13.9. The fraction of sp³-hybridized carbons (Fsp3) is 0.364. The van der Waals surface area contributed by atoms with Crippen LogP contribution < -0.4 is 5.73 Å². The number of benzene rings is 1. The van der Waals surface area contributed by atoms with Crippen molar-refractivity contribution in [2.45, 2.75) is 19.1 Å². The first-order chi connectivity index (χ1) is 8.38. The van der Waals surface area contributed by atoms with Gasteiger partial charge in [0.2, 0.25) is 6.17 Å². The van der Waals surface area contributed by atoms with Crippen molar-refractivity contribution >= 4 is 18.4 Å². The summed E-state index contributed by atoms with van der Waals surface area (Å²) in [6.45, 7) is 1.38. The van der Waals surface area contributed by atoms with E-state index in [1.807, 2.05) is 0 Å². The Bertz CT molecular complexity index is 459. The largest absolute Gasteiger partial charge is 0.464 e. The van der Waals surface area contributed by atoms with Gasteiger partial charge >= 0.3 is 5.97 Å². The van der Waals surface area contributed by atoms with Crippen molar-refractivity contribution in [2.75, 3.05) is 6.61 Å². The molecule has 108 valence electrons. The van der Waals surface area contributed by atoms with Crippen molar-refractivity contribution in [3.8, 4) is 0 Å². The molecule has 1 unspecified atom stereocenters. The van der Waals surface area contributed by atoms with E-state index in [1.165, 1.54) is 6.92 Å². The molecule has 0 saturated carbocycles. The fourth-order valence-electron chi connectivity index (χ4n) is 1.32. The van der Waals surface area contributed by atoms with Gasteiger partial charge in [0.05, 0.1) is 12.6 Å². The van der Waals surface area contributed by atoms with Gasteiger partial charge < -0.3 is 10.5 Å². The summed E-state index contributed by atoms with van der Waals surface area (Å²) in [6, 6.07) is -1.11. The van der Waals surface area contributed by atoms with Crippen LogP contribution in [0.1, 0.15) is 18.5 Å². The van der Waals surface area contributed by atoms with Crippen molar-refractivity contribution in [3.63, 3.8) is 0 Å². The van der Waals surface area contributed by atoms with Crippen LogP contribution in [0.3, 0.4) is 0 Å². The van der Waals surface area contributed by atoms with Crippen LogP contribution in [-0.4, -0.2) is 18.7 Å². The van der Waals surface area contributed by atoms with Crippen LogP contribution in [0.2, 0.25) is 0 Å². The summed E-state index contributed by atoms with van der Waals surface area (Å²) in [5.74, 6) is -5.31. The highest BCUT2D eigenvalue weighted by Gasteiger charge is 2.30. The predicted molar refractivity (Wildman–Crippen MR) is 62.0 cm³/mol. The molecule has 2 N–H and O–H groups in total. The number of nitrogens with two attached hydrogens (primary N) is 1. The molecule has 1 aromatic rings. The molecule has 3 nitrogen and oxygen atoms in total. The number of carbonyl (C=O) groups excluding carboxylic acids is 1. The van der Waals surface area contributed by atoms with Crippen molar-refractivity contribution in [3.05, 3.63) is 35.1 Å². The Balaban J connectivity index is 0.00000324. The molecule has 8 heteroatoms. The van der Waals surface area contributed by atoms with E-state index in [1.54, 1.807) is 0 Å². The molecule has 0 heterocycles. The number of hydrogen-bond donors (Lipinski definition) is 1. The quantitative estimate of drug-likeness (QED) is 0.528. The second kappa shape index (κ2) is 7.30. The minimum atomic E-state index is -2.36. The standard InChI is InChI=1S/C11H11F4NO2.ClH/c1-2-18-11(17)9(15)10(16)5-3-7(13)8(14)4-6(5)12;/h3-4,9-10H,2,16H2,1H3;1H/t9?,10-;/m1./s1. The first-order valence-corrected chi connectivity index (χ1v) is 5.09. The molecule has 0 aliphatic rings. The monoisotopic (exact) mass is 301 g/mol. The molecular formula is C11H12ClF4NO2. The van der Waals surface area contributed by atoms with Crippen molar-refractivity contribution < 1.29 is 27.1 Å². The molecule has 0 bridgehead atoms. The van der Waals surface area contributed by atoms with Gasteiger partial charge in [0.15, 0.2) is 11.6 Å². The lowest BCUT2D eigenvalue weighted by Crippen LogP contribution is -2.32. The van der Waals surface area contributed by atoms with Crippen molar-refractivity contribution in [2.24, 2.45) is 5.73 Å². The molecule has 0 saturated heterocycles. The molecule has 0 aliphatic heterocycles. The predicted octanol–water partition coefficient (Wildman–Crippen LogP) is 2.43. The molecule has 2 atom stereocenters. The lowest BCUT2D eigenvalue weighted by molar-refractivity contribution is -0.149. The molecular weight excluding hydrogens is 290 g/mol. The van der Waals surface area contributed by atoms with Crippen LogP contribution in [0.15, 0.2) is 12.1 Å². The van der Waals surface area contributed by atoms with Crippen LogP contribution in [-0.2, 0) is 9.53 Å². The molecule has 0 fully saturated rings. The summed E-state index contributed by atoms with van der Waals surface area (Å²) in [7, 11) is 0. The maximum absolute atomic E-state index is 13.5. The molecule has 1 aromatic carbocycles. The Morgan fingerprint density at radius 2 is 1.79 bits per heavy atom. The Morgan fingerprint density at radius 1 is 1.26 bits per heavy atom. The first-order valence-electron chi connectivity index (χ1n) is 5.09. The molecule has 1 rings (SSSR count). The summed E-state index contributed by atoms with van der Waals surface area (Å²) in [6.07, 6.45) is -2.36. The van der Waals surface area contributed by atoms with Crippen LogP contribution in [0, 0.1) is 17.5 Å². The van der Waals surface area contributed by atoms with E-state index in [2.05, 4.69) is 4.74 Å². The zero-order valence-corrected chi connectivity index (χ0v) is 10.6. The first kappa shape index (κ1) is 17.7. The number of ether oxygens (including phenoxy) is 1. The van der Waals surface area contributed by atoms with Crippen molar-refractivity contribution in [1.82, 2.24) is 0 Å². The number of carbonyl (C=O) groups is 1. The fourth-order valence-corrected chi connectivity index (χ4v) is 1.32. The highest BCUT2D eigenvalue weighted by atomic mass is 35.5. The van der Waals surface area contributed by atoms with Crippen molar-refractivity contribution in [1.29, 1.82) is 0 Å². The average molecular weight is 302 g/mol. The van der Waals surface area contributed by atoms with E-state index in [0.717, 1.165) is 0 Å². The van der Waals surface area contributed by atoms with Crippen LogP contribution in [0.25, 0.3) is 0 Å². The molecule has 0 radical (unpaired) electrons. The number of rotatable bonds is 4. The molecule has 0 aliphatic carbocycles. The van der Waals surface area contributed by atoms with Gasteiger partial charge in [-0.05, 0) is 13.0 Å². The van der Waals surface area contributed by atoms with Gasteiger partial charge in [0, 0.05) is 11.6 Å². The van der Waals surface area contributed by atoms with E-state index >= 15 is 0 Å². The smallest absolute Gasteiger partial charge is 0.342 e. The maximum atomic E-state index is 13.5. The van der Waals surface area contributed by atoms with Gasteiger partial charge in [-0.15, -0.1) is 12.4 Å². The zero-order valence-electron chi connectivity index (χ0n) is 9.83. The van der Waals surface area contributed by atoms with E-state index in [4.69, 9.17) is 5.73 Å². The number of esters is 1. The third kappa shape index (κ3) is 4.07. The molecule has 0 aromatic heterocycles. The second-order valence-corrected chi connectivity index (χ2v) is 3.47. The number of halogens is 5. The third-order valence-electron chi connectivity index (χ3n) is 2.23. The van der Waals surface area contributed by atoms with Gasteiger partial charge in [-0.25, -0.2) is 22.4 Å². The van der Waals surface area contributed by atoms with E-state index in [9.17, 15) is 22.4 Å². The molecule has 0 amide bonds. The Hall–Kier alpha value is -1.34. The summed E-state index contributed by atoms with van der Waals surface area (Å²) in [5, 5.41) is 0. The highest BCUT2D eigenvalue weighted by molar-refractivity contribution is 5.85. The summed E-state index contributed by atoms with van der Waals surface area (Å²) >= 11 is 0. The third-order valence-corrected chi connectivity index (χ3v) is 2.23. The lowest BCUT2D eigenvalue weighted by Gasteiger charge is -2.16. The lowest BCUT2D eigenvalue weighted by atomic mass is 10.0. The number of hydrogen-bond acceptors (Lipinski definition) is 3. The summed E-state index contributed by atoms with van der Waals surface area (Å²) in [4.78, 5) is 11.1. The van der Waals surface area contributed by atoms with Gasteiger partial charge in [-0.1, -0.05) is 0 Å². The highest BCUT2D eigenvalue weighted by Crippen LogP contribution is 2.23. The topological polar surface area (TPSA) is 52.3 Å². The number of alkyl halides is 1. The molecule has 0 spiro atoms. The van der Waals surface area contributed by atoms with E-state index in [-0.39, 0.29) is 25.1 Å². The van der Waals surface area contributed by atoms with Gasteiger partial charge in [0.1, 0.15) is 5.82 Å². The van der Waals surface area contributed by atoms with Crippen LogP contribution in [0.5, 0.6) is 0 Å². The van der Waals surface area contributed by atoms with Gasteiger partial charge in [-0.2, -0.15) is 0 Å².